The molecule has 106 valence electrons. The summed E-state index contributed by atoms with van der Waals surface area (Å²) in [5.41, 5.74) is 0.377. The van der Waals surface area contributed by atoms with Gasteiger partial charge in [-0.3, -0.25) is 4.79 Å². The second-order valence-corrected chi connectivity index (χ2v) is 5.63. The van der Waals surface area contributed by atoms with Gasteiger partial charge in [0.15, 0.2) is 0 Å². The van der Waals surface area contributed by atoms with Crippen molar-refractivity contribution < 1.29 is 13.2 Å². The molecule has 0 N–H and O–H groups in total. The Hall–Kier alpha value is -1.31. The Labute approximate surface area is 127 Å². The second-order valence-electron chi connectivity index (χ2n) is 4.47. The number of benzene rings is 1. The molecular weight excluding hydrogens is 382 g/mol. The van der Waals surface area contributed by atoms with Crippen molar-refractivity contribution in [3.63, 3.8) is 0 Å². The summed E-state index contributed by atoms with van der Waals surface area (Å²) in [6.45, 7) is 1.94. The van der Waals surface area contributed by atoms with Gasteiger partial charge in [0.1, 0.15) is 0 Å². The molecule has 1 heterocycles. The maximum absolute atomic E-state index is 12.6. The molecule has 0 spiro atoms. The van der Waals surface area contributed by atoms with E-state index in [4.69, 9.17) is 0 Å². The summed E-state index contributed by atoms with van der Waals surface area (Å²) in [7, 11) is 0. The summed E-state index contributed by atoms with van der Waals surface area (Å²) < 4.78 is 40.2. The van der Waals surface area contributed by atoms with Crippen LogP contribution in [0.1, 0.15) is 16.7 Å². The van der Waals surface area contributed by atoms with Crippen LogP contribution in [0.15, 0.2) is 41.3 Å². The van der Waals surface area contributed by atoms with Gasteiger partial charge in [0.25, 0.3) is 5.56 Å². The van der Waals surface area contributed by atoms with Crippen LogP contribution in [-0.4, -0.2) is 4.57 Å². The van der Waals surface area contributed by atoms with Crippen LogP contribution >= 0.6 is 22.6 Å². The van der Waals surface area contributed by atoms with Crippen molar-refractivity contribution in [3.8, 4) is 0 Å². The highest BCUT2D eigenvalue weighted by atomic mass is 127. The summed E-state index contributed by atoms with van der Waals surface area (Å²) >= 11 is 2.09. The molecule has 2 rings (SSSR count). The van der Waals surface area contributed by atoms with Crippen molar-refractivity contribution in [2.24, 2.45) is 0 Å². The third-order valence-electron chi connectivity index (χ3n) is 2.88. The molecule has 2 aromatic rings. The Morgan fingerprint density at radius 1 is 1.25 bits per heavy atom. The molecule has 0 aliphatic carbocycles. The predicted molar refractivity (Wildman–Crippen MR) is 78.7 cm³/mol. The average molecular weight is 393 g/mol. The fourth-order valence-corrected chi connectivity index (χ4v) is 2.30. The van der Waals surface area contributed by atoms with Crippen LogP contribution in [0, 0.1) is 10.5 Å². The van der Waals surface area contributed by atoms with Crippen LogP contribution in [-0.2, 0) is 12.7 Å². The Morgan fingerprint density at radius 2 is 1.95 bits per heavy atom. The van der Waals surface area contributed by atoms with Crippen LogP contribution in [0.2, 0.25) is 0 Å². The van der Waals surface area contributed by atoms with Gasteiger partial charge in [-0.2, -0.15) is 13.2 Å². The smallest absolute Gasteiger partial charge is 0.310 e. The lowest BCUT2D eigenvalue weighted by molar-refractivity contribution is -0.137. The lowest BCUT2D eigenvalue weighted by Crippen LogP contribution is -2.20. The van der Waals surface area contributed by atoms with Gasteiger partial charge in [0.05, 0.1) is 12.1 Å². The van der Waals surface area contributed by atoms with Gasteiger partial charge in [-0.15, -0.1) is 0 Å². The normalized spacial score (nSPS) is 11.7. The first-order valence-electron chi connectivity index (χ1n) is 5.80. The zero-order valence-corrected chi connectivity index (χ0v) is 12.7. The molecule has 1 aromatic heterocycles. The van der Waals surface area contributed by atoms with E-state index in [2.05, 4.69) is 22.6 Å². The minimum Gasteiger partial charge on any atom is -0.310 e. The van der Waals surface area contributed by atoms with Gasteiger partial charge in [-0.05, 0) is 52.8 Å². The van der Waals surface area contributed by atoms with E-state index in [0.717, 1.165) is 21.3 Å². The summed E-state index contributed by atoms with van der Waals surface area (Å²) in [5.74, 6) is 0. The van der Waals surface area contributed by atoms with Gasteiger partial charge < -0.3 is 4.57 Å². The minimum atomic E-state index is -4.37. The predicted octanol–water partition coefficient (Wildman–Crippen LogP) is 3.83. The van der Waals surface area contributed by atoms with Crippen molar-refractivity contribution >= 4 is 22.6 Å². The molecule has 0 saturated heterocycles. The van der Waals surface area contributed by atoms with Crippen LogP contribution in [0.3, 0.4) is 0 Å². The largest absolute Gasteiger partial charge is 0.416 e. The number of hydrogen-bond donors (Lipinski definition) is 0. The van der Waals surface area contributed by atoms with Crippen molar-refractivity contribution in [3.05, 3.63) is 67.1 Å². The molecule has 0 atom stereocenters. The van der Waals surface area contributed by atoms with E-state index in [1.54, 1.807) is 12.3 Å². The van der Waals surface area contributed by atoms with E-state index in [-0.39, 0.29) is 12.1 Å². The molecular formula is C14H11F3INO. The lowest BCUT2D eigenvalue weighted by atomic mass is 10.1. The number of halogens is 4. The molecule has 0 amide bonds. The monoisotopic (exact) mass is 393 g/mol. The van der Waals surface area contributed by atoms with Gasteiger partial charge in [-0.25, -0.2) is 0 Å². The zero-order valence-electron chi connectivity index (χ0n) is 10.5. The minimum absolute atomic E-state index is 0.124. The van der Waals surface area contributed by atoms with Crippen molar-refractivity contribution in [2.45, 2.75) is 19.6 Å². The number of aryl methyl sites for hydroxylation is 1. The molecule has 20 heavy (non-hydrogen) atoms. The van der Waals surface area contributed by atoms with E-state index in [9.17, 15) is 18.0 Å². The van der Waals surface area contributed by atoms with Gasteiger partial charge in [-0.1, -0.05) is 12.1 Å². The van der Waals surface area contributed by atoms with Crippen LogP contribution < -0.4 is 5.56 Å². The standard InChI is InChI=1S/C14H11F3INO/c1-9-5-13(20)19(8-12(9)18)7-10-3-2-4-11(6-10)14(15,16)17/h2-6,8H,7H2,1H3. The first-order valence-corrected chi connectivity index (χ1v) is 6.88. The molecule has 1 aromatic carbocycles. The number of hydrogen-bond acceptors (Lipinski definition) is 1. The van der Waals surface area contributed by atoms with Gasteiger partial charge >= 0.3 is 6.18 Å². The zero-order chi connectivity index (χ0) is 14.9. The highest BCUT2D eigenvalue weighted by molar-refractivity contribution is 14.1. The number of aromatic nitrogens is 1. The number of rotatable bonds is 2. The third kappa shape index (κ3) is 3.41. The van der Waals surface area contributed by atoms with Gasteiger partial charge in [0.2, 0.25) is 0 Å². The summed E-state index contributed by atoms with van der Waals surface area (Å²) in [6.07, 6.45) is -2.72. The highest BCUT2D eigenvalue weighted by Crippen LogP contribution is 2.29. The average Bonchev–Trinajstić information content (AvgIpc) is 2.35. The van der Waals surface area contributed by atoms with Crippen molar-refractivity contribution in [1.29, 1.82) is 0 Å². The van der Waals surface area contributed by atoms with Crippen LogP contribution in [0.5, 0.6) is 0 Å². The number of nitrogens with zero attached hydrogens (tertiary/aromatic N) is 1. The van der Waals surface area contributed by atoms with Crippen molar-refractivity contribution in [1.82, 2.24) is 4.57 Å². The molecule has 0 bridgehead atoms. The van der Waals surface area contributed by atoms with E-state index < -0.39 is 11.7 Å². The first-order chi connectivity index (χ1) is 9.27. The fraction of sp³-hybridized carbons (Fsp3) is 0.214. The summed E-state index contributed by atoms with van der Waals surface area (Å²) in [6, 6.07) is 6.50. The molecule has 0 fully saturated rings. The van der Waals surface area contributed by atoms with Gasteiger partial charge in [0, 0.05) is 15.8 Å². The Kier molecular flexibility index (Phi) is 4.22. The molecule has 0 radical (unpaired) electrons. The molecule has 0 unspecified atom stereocenters. The molecule has 0 aliphatic heterocycles. The summed E-state index contributed by atoms with van der Waals surface area (Å²) in [4.78, 5) is 11.8. The molecule has 2 nitrogen and oxygen atoms in total. The van der Waals surface area contributed by atoms with E-state index in [1.165, 1.54) is 16.7 Å². The van der Waals surface area contributed by atoms with Crippen molar-refractivity contribution in [2.75, 3.05) is 0 Å². The number of pyridine rings is 1. The Bertz CT molecular complexity index is 692. The second kappa shape index (κ2) is 5.59. The topological polar surface area (TPSA) is 22.0 Å². The molecule has 0 aliphatic rings. The van der Waals surface area contributed by atoms with Crippen LogP contribution in [0.4, 0.5) is 13.2 Å². The van der Waals surface area contributed by atoms with E-state index >= 15 is 0 Å². The lowest BCUT2D eigenvalue weighted by Gasteiger charge is -2.11. The Morgan fingerprint density at radius 3 is 2.60 bits per heavy atom. The molecule has 6 heteroatoms. The fourth-order valence-electron chi connectivity index (χ4n) is 1.81. The van der Waals surface area contributed by atoms with E-state index in [1.807, 2.05) is 6.92 Å². The first kappa shape index (κ1) is 15.1. The maximum Gasteiger partial charge on any atom is 0.416 e. The third-order valence-corrected chi connectivity index (χ3v) is 4.01. The quantitative estimate of drug-likeness (QED) is 0.712. The SMILES string of the molecule is Cc1cc(=O)n(Cc2cccc(C(F)(F)F)c2)cc1I. The highest BCUT2D eigenvalue weighted by Gasteiger charge is 2.30. The Balaban J connectivity index is 2.36. The van der Waals surface area contributed by atoms with E-state index in [0.29, 0.717) is 5.56 Å². The maximum atomic E-state index is 12.6. The van der Waals surface area contributed by atoms with Crippen LogP contribution in [0.25, 0.3) is 0 Å². The summed E-state index contributed by atoms with van der Waals surface area (Å²) in [5, 5.41) is 0. The molecule has 0 saturated carbocycles. The number of alkyl halides is 3.